The predicted molar refractivity (Wildman–Crippen MR) is 111 cm³/mol. The summed E-state index contributed by atoms with van der Waals surface area (Å²) in [4.78, 5) is 12.2. The van der Waals surface area contributed by atoms with E-state index in [1.54, 1.807) is 6.08 Å². The fraction of sp³-hybridized carbons (Fsp3) is 0.150. The van der Waals surface area contributed by atoms with Gasteiger partial charge in [-0.25, -0.2) is 4.39 Å². The Kier molecular flexibility index (Phi) is 6.49. The first kappa shape index (κ1) is 20.1. The second kappa shape index (κ2) is 9.03. The fourth-order valence-electron chi connectivity index (χ4n) is 2.60. The maximum Gasteiger partial charge on any atom is 0.234 e. The van der Waals surface area contributed by atoms with Gasteiger partial charge in [-0.15, -0.1) is 16.8 Å². The fourth-order valence-corrected chi connectivity index (χ4v) is 3.52. The summed E-state index contributed by atoms with van der Waals surface area (Å²) in [7, 11) is 0. The van der Waals surface area contributed by atoms with Gasteiger partial charge < -0.3 is 5.32 Å². The van der Waals surface area contributed by atoms with Crippen molar-refractivity contribution in [3.8, 4) is 11.4 Å². The van der Waals surface area contributed by atoms with Crippen LogP contribution in [0.2, 0.25) is 5.02 Å². The Hall–Kier alpha value is -2.64. The molecule has 0 radical (unpaired) electrons. The molecule has 1 amide bonds. The van der Waals surface area contributed by atoms with Crippen molar-refractivity contribution in [3.63, 3.8) is 0 Å². The van der Waals surface area contributed by atoms with E-state index in [-0.39, 0.29) is 17.3 Å². The molecule has 144 valence electrons. The van der Waals surface area contributed by atoms with Gasteiger partial charge in [0.15, 0.2) is 11.0 Å². The van der Waals surface area contributed by atoms with Gasteiger partial charge >= 0.3 is 0 Å². The van der Waals surface area contributed by atoms with E-state index in [4.69, 9.17) is 11.6 Å². The zero-order valence-electron chi connectivity index (χ0n) is 15.2. The third kappa shape index (κ3) is 4.79. The molecule has 0 spiro atoms. The van der Waals surface area contributed by atoms with Crippen LogP contribution in [0.4, 0.5) is 10.1 Å². The number of thioether (sulfide) groups is 1. The van der Waals surface area contributed by atoms with E-state index >= 15 is 0 Å². The molecule has 1 heterocycles. The van der Waals surface area contributed by atoms with Gasteiger partial charge in [-0.2, -0.15) is 0 Å². The average Bonchev–Trinajstić information content (AvgIpc) is 3.06. The number of amides is 1. The van der Waals surface area contributed by atoms with Gasteiger partial charge in [0.1, 0.15) is 5.82 Å². The normalized spacial score (nSPS) is 10.7. The topological polar surface area (TPSA) is 59.8 Å². The standard InChI is InChI=1S/C20H18ClFN4OS/c1-3-9-26-19(14-6-4-5-13(2)10-14)24-25-20(26)28-12-18(27)23-17-11-15(21)7-8-16(17)22/h3-8,10-11H,1,9,12H2,2H3,(H,23,27). The predicted octanol–water partition coefficient (Wildman–Crippen LogP) is 4.96. The molecule has 0 aliphatic carbocycles. The lowest BCUT2D eigenvalue weighted by Gasteiger charge is -2.09. The number of rotatable bonds is 7. The zero-order valence-corrected chi connectivity index (χ0v) is 16.7. The minimum atomic E-state index is -0.542. The number of carbonyl (C=O) groups is 1. The number of anilines is 1. The number of nitrogens with one attached hydrogen (secondary N) is 1. The van der Waals surface area contributed by atoms with E-state index in [9.17, 15) is 9.18 Å². The Morgan fingerprint density at radius 1 is 1.32 bits per heavy atom. The minimum absolute atomic E-state index is 0.0473. The lowest BCUT2D eigenvalue weighted by atomic mass is 10.1. The number of nitrogens with zero attached hydrogens (tertiary/aromatic N) is 3. The minimum Gasteiger partial charge on any atom is -0.323 e. The van der Waals surface area contributed by atoms with Crippen LogP contribution in [-0.4, -0.2) is 26.4 Å². The molecule has 28 heavy (non-hydrogen) atoms. The molecule has 3 aromatic rings. The Morgan fingerprint density at radius 3 is 2.89 bits per heavy atom. The third-order valence-corrected chi connectivity index (χ3v) is 5.04. The Balaban J connectivity index is 1.74. The van der Waals surface area contributed by atoms with Crippen molar-refractivity contribution in [2.24, 2.45) is 0 Å². The first-order valence-electron chi connectivity index (χ1n) is 8.46. The quantitative estimate of drug-likeness (QED) is 0.436. The molecule has 2 aromatic carbocycles. The molecule has 0 unspecified atom stereocenters. The molecule has 5 nitrogen and oxygen atoms in total. The van der Waals surface area contributed by atoms with Crippen molar-refractivity contribution in [1.29, 1.82) is 0 Å². The smallest absolute Gasteiger partial charge is 0.234 e. The van der Waals surface area contributed by atoms with Crippen molar-refractivity contribution in [1.82, 2.24) is 14.8 Å². The van der Waals surface area contributed by atoms with Gasteiger partial charge in [0.2, 0.25) is 5.91 Å². The molecule has 0 bridgehead atoms. The van der Waals surface area contributed by atoms with Crippen molar-refractivity contribution < 1.29 is 9.18 Å². The Bertz CT molecular complexity index is 1020. The van der Waals surface area contributed by atoms with E-state index in [2.05, 4.69) is 22.1 Å². The summed E-state index contributed by atoms with van der Waals surface area (Å²) in [6.07, 6.45) is 1.74. The van der Waals surface area contributed by atoms with Gasteiger partial charge in [0.05, 0.1) is 11.4 Å². The second-order valence-corrected chi connectivity index (χ2v) is 7.41. The van der Waals surface area contributed by atoms with Gasteiger partial charge in [-0.1, -0.05) is 53.2 Å². The van der Waals surface area contributed by atoms with E-state index < -0.39 is 5.82 Å². The summed E-state index contributed by atoms with van der Waals surface area (Å²) in [5.74, 6) is -0.155. The molecule has 0 saturated heterocycles. The van der Waals surface area contributed by atoms with E-state index in [0.29, 0.717) is 22.5 Å². The van der Waals surface area contributed by atoms with Crippen LogP contribution in [0.25, 0.3) is 11.4 Å². The van der Waals surface area contributed by atoms with Crippen molar-refractivity contribution >= 4 is 35.0 Å². The number of aromatic nitrogens is 3. The average molecular weight is 417 g/mol. The summed E-state index contributed by atoms with van der Waals surface area (Å²) in [6.45, 7) is 6.29. The molecular formula is C20H18ClFN4OS. The van der Waals surface area contributed by atoms with Gasteiger partial charge in [-0.05, 0) is 31.2 Å². The number of hydrogen-bond acceptors (Lipinski definition) is 4. The number of aryl methyl sites for hydroxylation is 1. The lowest BCUT2D eigenvalue weighted by Crippen LogP contribution is -2.15. The first-order chi connectivity index (χ1) is 13.5. The summed E-state index contributed by atoms with van der Waals surface area (Å²) >= 11 is 7.06. The summed E-state index contributed by atoms with van der Waals surface area (Å²) in [6, 6.07) is 11.9. The van der Waals surface area contributed by atoms with Crippen LogP contribution in [0.1, 0.15) is 5.56 Å². The van der Waals surface area contributed by atoms with E-state index in [1.807, 2.05) is 35.8 Å². The molecule has 3 rings (SSSR count). The molecule has 1 aromatic heterocycles. The summed E-state index contributed by atoms with van der Waals surface area (Å²) in [5.41, 5.74) is 2.10. The van der Waals surface area contributed by atoms with E-state index in [1.165, 1.54) is 30.0 Å². The SMILES string of the molecule is C=CCn1c(SCC(=O)Nc2cc(Cl)ccc2F)nnc1-c1cccc(C)c1. The highest BCUT2D eigenvalue weighted by Gasteiger charge is 2.16. The highest BCUT2D eigenvalue weighted by molar-refractivity contribution is 7.99. The molecule has 0 atom stereocenters. The number of halogens is 2. The summed E-state index contributed by atoms with van der Waals surface area (Å²) < 4.78 is 15.7. The van der Waals surface area contributed by atoms with Crippen molar-refractivity contribution in [3.05, 3.63) is 71.5 Å². The second-order valence-electron chi connectivity index (χ2n) is 6.04. The van der Waals surface area contributed by atoms with Gasteiger partial charge in [0, 0.05) is 17.1 Å². The maximum absolute atomic E-state index is 13.8. The largest absolute Gasteiger partial charge is 0.323 e. The van der Waals surface area contributed by atoms with Crippen LogP contribution in [0, 0.1) is 12.7 Å². The highest BCUT2D eigenvalue weighted by Crippen LogP contribution is 2.25. The molecule has 0 aliphatic rings. The number of carbonyl (C=O) groups excluding carboxylic acids is 1. The summed E-state index contributed by atoms with van der Waals surface area (Å²) in [5, 5.41) is 11.9. The van der Waals surface area contributed by atoms with Crippen LogP contribution < -0.4 is 5.32 Å². The third-order valence-electron chi connectivity index (χ3n) is 3.84. The molecule has 0 aliphatic heterocycles. The number of hydrogen-bond donors (Lipinski definition) is 1. The zero-order chi connectivity index (χ0) is 20.1. The van der Waals surface area contributed by atoms with Crippen molar-refractivity contribution in [2.75, 3.05) is 11.1 Å². The molecule has 0 fully saturated rings. The molecule has 8 heteroatoms. The van der Waals surface area contributed by atoms with E-state index in [0.717, 1.165) is 11.1 Å². The molecule has 1 N–H and O–H groups in total. The van der Waals surface area contributed by atoms with Gasteiger partial charge in [0.25, 0.3) is 0 Å². The van der Waals surface area contributed by atoms with Crippen LogP contribution >= 0.6 is 23.4 Å². The van der Waals surface area contributed by atoms with Gasteiger partial charge in [-0.3, -0.25) is 9.36 Å². The Morgan fingerprint density at radius 2 is 2.14 bits per heavy atom. The first-order valence-corrected chi connectivity index (χ1v) is 9.83. The van der Waals surface area contributed by atoms with Crippen LogP contribution in [-0.2, 0) is 11.3 Å². The highest BCUT2D eigenvalue weighted by atomic mass is 35.5. The number of allylic oxidation sites excluding steroid dienone is 1. The van der Waals surface area contributed by atoms with Crippen LogP contribution in [0.15, 0.2) is 60.3 Å². The lowest BCUT2D eigenvalue weighted by molar-refractivity contribution is -0.113. The van der Waals surface area contributed by atoms with Crippen molar-refractivity contribution in [2.45, 2.75) is 18.6 Å². The monoisotopic (exact) mass is 416 g/mol. The Labute approximate surface area is 171 Å². The maximum atomic E-state index is 13.8. The molecular weight excluding hydrogens is 399 g/mol. The number of benzene rings is 2. The van der Waals surface area contributed by atoms with Crippen LogP contribution in [0.5, 0.6) is 0 Å². The molecule has 0 saturated carbocycles. The van der Waals surface area contributed by atoms with Crippen LogP contribution in [0.3, 0.4) is 0 Å².